The van der Waals surface area contributed by atoms with E-state index in [-0.39, 0.29) is 0 Å². The van der Waals surface area contributed by atoms with Crippen molar-refractivity contribution in [2.45, 2.75) is 6.92 Å². The number of fused-ring (bicyclic) bond motifs is 1. The van der Waals surface area contributed by atoms with E-state index in [0.717, 1.165) is 4.47 Å². The molecule has 0 radical (unpaired) electrons. The predicted molar refractivity (Wildman–Crippen MR) is 89.1 cm³/mol. The van der Waals surface area contributed by atoms with E-state index < -0.39 is 20.8 Å². The van der Waals surface area contributed by atoms with Gasteiger partial charge in [0.25, 0.3) is 0 Å². The van der Waals surface area contributed by atoms with Crippen LogP contribution in [0, 0.1) is 6.92 Å². The third kappa shape index (κ3) is 4.01. The maximum absolute atomic E-state index is 4.93. The summed E-state index contributed by atoms with van der Waals surface area (Å²) in [4.78, 5) is 0. The van der Waals surface area contributed by atoms with E-state index in [0.29, 0.717) is 0 Å². The summed E-state index contributed by atoms with van der Waals surface area (Å²) in [5.41, 5.74) is 3.90. The Balaban J connectivity index is 0.000000452. The van der Waals surface area contributed by atoms with Gasteiger partial charge in [0, 0.05) is 4.47 Å². The number of benzene rings is 2. The van der Waals surface area contributed by atoms with Gasteiger partial charge in [0.2, 0.25) is 0 Å². The van der Waals surface area contributed by atoms with Crippen molar-refractivity contribution in [1.29, 1.82) is 0 Å². The molecule has 0 N–H and O–H groups in total. The van der Waals surface area contributed by atoms with Crippen molar-refractivity contribution in [1.82, 2.24) is 0 Å². The van der Waals surface area contributed by atoms with Crippen LogP contribution in [0.25, 0.3) is 21.9 Å². The molecule has 0 aliphatic carbocycles. The molecule has 0 nitrogen and oxygen atoms in total. The zero-order valence-corrected chi connectivity index (χ0v) is 16.4. The van der Waals surface area contributed by atoms with Gasteiger partial charge in [0.1, 0.15) is 0 Å². The molecule has 0 unspecified atom stereocenters. The van der Waals surface area contributed by atoms with Gasteiger partial charge in [-0.15, -0.1) is 34.5 Å². The van der Waals surface area contributed by atoms with Crippen LogP contribution in [0.3, 0.4) is 0 Å². The molecule has 0 saturated carbocycles. The Kier molecular flexibility index (Phi) is 6.42. The molecule has 0 fully saturated rings. The fourth-order valence-electron chi connectivity index (χ4n) is 2.27. The van der Waals surface area contributed by atoms with E-state index in [4.69, 9.17) is 17.0 Å². The fraction of sp³-hybridized carbons (Fsp3) is 0.0625. The number of rotatable bonds is 1. The van der Waals surface area contributed by atoms with Gasteiger partial charge in [0.15, 0.2) is 0 Å². The summed E-state index contributed by atoms with van der Waals surface area (Å²) < 4.78 is 1.12. The van der Waals surface area contributed by atoms with E-state index in [9.17, 15) is 0 Å². The molecule has 0 bridgehead atoms. The van der Waals surface area contributed by atoms with E-state index in [1.165, 1.54) is 27.5 Å². The first-order valence-corrected chi connectivity index (χ1v) is 13.2. The van der Waals surface area contributed by atoms with Crippen molar-refractivity contribution in [3.05, 3.63) is 64.6 Å². The molecule has 0 atom stereocenters. The number of aryl methyl sites for hydroxylation is 1. The van der Waals surface area contributed by atoms with Crippen LogP contribution in [0.1, 0.15) is 5.56 Å². The van der Waals surface area contributed by atoms with Gasteiger partial charge in [-0.25, -0.2) is 0 Å². The van der Waals surface area contributed by atoms with Gasteiger partial charge >= 0.3 is 37.9 Å². The van der Waals surface area contributed by atoms with Crippen LogP contribution >= 0.6 is 33.0 Å². The monoisotopic (exact) mass is 443 g/mol. The summed E-state index contributed by atoms with van der Waals surface area (Å²) in [6.07, 6.45) is 0. The van der Waals surface area contributed by atoms with Gasteiger partial charge in [-0.2, -0.15) is 6.07 Å². The second-order valence-corrected chi connectivity index (χ2v) is 9.07. The summed E-state index contributed by atoms with van der Waals surface area (Å²) in [6.45, 7) is 2.14. The Bertz CT molecular complexity index is 689. The fourth-order valence-corrected chi connectivity index (χ4v) is 2.53. The van der Waals surface area contributed by atoms with Crippen LogP contribution in [-0.2, 0) is 20.8 Å². The van der Waals surface area contributed by atoms with Crippen molar-refractivity contribution < 1.29 is 20.8 Å². The molecule has 0 aliphatic rings. The first kappa shape index (κ1) is 16.4. The minimum absolute atomic E-state index is 0.826. The topological polar surface area (TPSA) is 0 Å². The molecule has 4 heteroatoms. The van der Waals surface area contributed by atoms with E-state index in [2.05, 4.69) is 77.5 Å². The summed E-state index contributed by atoms with van der Waals surface area (Å²) in [6, 6.07) is 19.5. The zero-order chi connectivity index (χ0) is 14.5. The summed E-state index contributed by atoms with van der Waals surface area (Å²) in [5, 5.41) is 2.66. The second-order valence-electron chi connectivity index (χ2n) is 4.42. The van der Waals surface area contributed by atoms with Crippen molar-refractivity contribution in [3.63, 3.8) is 0 Å². The molecular weight excluding hydrogens is 434 g/mol. The van der Waals surface area contributed by atoms with Crippen LogP contribution in [-0.4, -0.2) is 0 Å². The van der Waals surface area contributed by atoms with Gasteiger partial charge in [-0.3, -0.25) is 0 Å². The second kappa shape index (κ2) is 7.85. The third-order valence-electron chi connectivity index (χ3n) is 3.05. The zero-order valence-electron chi connectivity index (χ0n) is 10.8. The Hall–Kier alpha value is -0.00688. The normalized spacial score (nSPS) is 10.0. The standard InChI is InChI=1S/C16H12Br.2ClH.Zr/c1-11-9-13-3-2-4-15(16(13)10-11)12-5-7-14(17)8-6-12;;;/h2-10H,1H3;2*1H;/q-1;;;+2/p-2. The number of halogens is 3. The molecule has 0 aromatic heterocycles. The molecular formula is C16H12BrCl2Zr-. The summed E-state index contributed by atoms with van der Waals surface area (Å²) in [7, 11) is 9.87. The molecule has 3 aromatic carbocycles. The summed E-state index contributed by atoms with van der Waals surface area (Å²) >= 11 is 2.65. The van der Waals surface area contributed by atoms with Crippen molar-refractivity contribution in [2.75, 3.05) is 0 Å². The first-order chi connectivity index (χ1) is 9.65. The third-order valence-corrected chi connectivity index (χ3v) is 3.58. The van der Waals surface area contributed by atoms with E-state index in [1.54, 1.807) is 0 Å². The molecule has 0 saturated heterocycles. The average Bonchev–Trinajstić information content (AvgIpc) is 2.80. The predicted octanol–water partition coefficient (Wildman–Crippen LogP) is 6.67. The van der Waals surface area contributed by atoms with E-state index >= 15 is 0 Å². The Morgan fingerprint density at radius 2 is 1.70 bits per heavy atom. The Morgan fingerprint density at radius 3 is 2.35 bits per heavy atom. The average molecular weight is 446 g/mol. The number of hydrogen-bond donors (Lipinski definition) is 0. The SMILES string of the molecule is Cc1cc2c(-c3ccc(Br)cc3)cccc2[cH-]1.[Cl][Zr][Cl]. The van der Waals surface area contributed by atoms with Crippen LogP contribution < -0.4 is 0 Å². The van der Waals surface area contributed by atoms with Gasteiger partial charge in [-0.05, 0) is 17.7 Å². The van der Waals surface area contributed by atoms with Crippen LogP contribution in [0.4, 0.5) is 0 Å². The summed E-state index contributed by atoms with van der Waals surface area (Å²) in [5.74, 6) is 0. The molecule has 0 amide bonds. The molecule has 3 rings (SSSR count). The maximum atomic E-state index is 4.93. The van der Waals surface area contributed by atoms with Crippen molar-refractivity contribution in [2.24, 2.45) is 0 Å². The quantitative estimate of drug-likeness (QED) is 0.366. The molecule has 102 valence electrons. The van der Waals surface area contributed by atoms with Crippen LogP contribution in [0.2, 0.25) is 0 Å². The molecule has 20 heavy (non-hydrogen) atoms. The van der Waals surface area contributed by atoms with Crippen molar-refractivity contribution in [3.8, 4) is 11.1 Å². The minimum atomic E-state index is -0.826. The first-order valence-electron chi connectivity index (χ1n) is 6.04. The Labute approximate surface area is 146 Å². The van der Waals surface area contributed by atoms with Gasteiger partial charge < -0.3 is 0 Å². The molecule has 0 heterocycles. The molecule has 3 aromatic rings. The van der Waals surface area contributed by atoms with Crippen molar-refractivity contribution >= 4 is 43.7 Å². The van der Waals surface area contributed by atoms with Gasteiger partial charge in [-0.1, -0.05) is 46.6 Å². The van der Waals surface area contributed by atoms with Crippen LogP contribution in [0.5, 0.6) is 0 Å². The Morgan fingerprint density at radius 1 is 1.05 bits per heavy atom. The molecule has 0 spiro atoms. The molecule has 0 aliphatic heterocycles. The van der Waals surface area contributed by atoms with E-state index in [1.807, 2.05) is 0 Å². The number of hydrogen-bond acceptors (Lipinski definition) is 0. The van der Waals surface area contributed by atoms with Gasteiger partial charge in [0.05, 0.1) is 0 Å². The van der Waals surface area contributed by atoms with Crippen LogP contribution in [0.15, 0.2) is 59.1 Å².